The van der Waals surface area contributed by atoms with Gasteiger partial charge in [-0.05, 0) is 63.6 Å². The minimum absolute atomic E-state index is 0.0675. The monoisotopic (exact) mass is 599 g/mol. The molecule has 2 saturated carbocycles. The topological polar surface area (TPSA) is 125 Å². The minimum atomic E-state index is -4.79. The van der Waals surface area contributed by atoms with E-state index < -0.39 is 47.7 Å². The molecule has 1 atom stereocenters. The molecule has 4 rings (SSSR count). The van der Waals surface area contributed by atoms with E-state index in [4.69, 9.17) is 5.73 Å². The quantitative estimate of drug-likeness (QED) is 0.226. The molecule has 2 amide bonds. The number of alkyl halides is 5. The summed E-state index contributed by atoms with van der Waals surface area (Å²) in [5, 5.41) is 5.55. The zero-order chi connectivity index (χ0) is 30.3. The number of piperidine rings is 1. The second-order valence-electron chi connectivity index (χ2n) is 11.4. The summed E-state index contributed by atoms with van der Waals surface area (Å²) in [7, 11) is 0. The third kappa shape index (κ3) is 9.17. The van der Waals surface area contributed by atoms with Crippen LogP contribution in [0.1, 0.15) is 81.9 Å². The van der Waals surface area contributed by atoms with Crippen molar-refractivity contribution in [1.29, 1.82) is 0 Å². The van der Waals surface area contributed by atoms with Gasteiger partial charge in [0.2, 0.25) is 5.91 Å². The number of carbonyl (C=O) groups is 2. The third-order valence-electron chi connectivity index (χ3n) is 7.91. The van der Waals surface area contributed by atoms with Gasteiger partial charge in [-0.3, -0.25) is 24.5 Å². The number of aliphatic imine (C=N–C) groups is 2. The molecule has 1 saturated heterocycles. The van der Waals surface area contributed by atoms with Gasteiger partial charge in [0.05, 0.1) is 12.6 Å². The summed E-state index contributed by atoms with van der Waals surface area (Å²) in [4.78, 5) is 39.3. The van der Waals surface area contributed by atoms with E-state index in [9.17, 15) is 31.5 Å². The Bertz CT molecular complexity index is 1160. The van der Waals surface area contributed by atoms with E-state index in [1.54, 1.807) is 4.90 Å². The molecule has 0 spiro atoms. The SMILES string of the molecule is NC(=NC(=NC1CCCC1)c1cccnc1C(F)(F)F)C(=O)N[C@@H](CCN1CCCC(F)(F)C1)CC(=O)NC1CCC1. The Labute approximate surface area is 241 Å². The lowest BCUT2D eigenvalue weighted by Crippen LogP contribution is -2.49. The third-order valence-corrected chi connectivity index (χ3v) is 7.91. The van der Waals surface area contributed by atoms with Gasteiger partial charge in [-0.2, -0.15) is 13.2 Å². The maximum absolute atomic E-state index is 13.9. The predicted molar refractivity (Wildman–Crippen MR) is 147 cm³/mol. The Hall–Kier alpha value is -3.16. The van der Waals surface area contributed by atoms with Crippen LogP contribution in [0, 0.1) is 0 Å². The number of likely N-dealkylation sites (tertiary alicyclic amines) is 1. The maximum Gasteiger partial charge on any atom is 0.434 e. The number of amidine groups is 2. The molecule has 14 heteroatoms. The Morgan fingerprint density at radius 3 is 2.52 bits per heavy atom. The highest BCUT2D eigenvalue weighted by molar-refractivity contribution is 6.39. The fourth-order valence-corrected chi connectivity index (χ4v) is 5.46. The van der Waals surface area contributed by atoms with Crippen LogP contribution in [0.15, 0.2) is 28.3 Å². The molecule has 2 aliphatic carbocycles. The van der Waals surface area contributed by atoms with Gasteiger partial charge in [0.1, 0.15) is 0 Å². The van der Waals surface area contributed by atoms with Gasteiger partial charge in [0, 0.05) is 43.2 Å². The van der Waals surface area contributed by atoms with Gasteiger partial charge in [-0.15, -0.1) is 0 Å². The van der Waals surface area contributed by atoms with Crippen molar-refractivity contribution in [3.63, 3.8) is 0 Å². The highest BCUT2D eigenvalue weighted by Gasteiger charge is 2.37. The van der Waals surface area contributed by atoms with Crippen LogP contribution < -0.4 is 16.4 Å². The number of nitrogens with zero attached hydrogens (tertiary/aromatic N) is 4. The summed E-state index contributed by atoms with van der Waals surface area (Å²) in [6.45, 7) is 0.286. The van der Waals surface area contributed by atoms with E-state index in [1.165, 1.54) is 12.1 Å². The second kappa shape index (κ2) is 13.9. The highest BCUT2D eigenvalue weighted by Crippen LogP contribution is 2.31. The lowest BCUT2D eigenvalue weighted by atomic mass is 9.93. The fraction of sp³-hybridized carbons (Fsp3) is 0.679. The number of halogens is 5. The average molecular weight is 600 g/mol. The van der Waals surface area contributed by atoms with E-state index in [1.807, 2.05) is 0 Å². The first kappa shape index (κ1) is 31.8. The zero-order valence-electron chi connectivity index (χ0n) is 23.4. The fourth-order valence-electron chi connectivity index (χ4n) is 5.46. The van der Waals surface area contributed by atoms with Crippen molar-refractivity contribution in [2.75, 3.05) is 19.6 Å². The largest absolute Gasteiger partial charge is 0.434 e. The van der Waals surface area contributed by atoms with Crippen molar-refractivity contribution in [1.82, 2.24) is 20.5 Å². The Balaban J connectivity index is 1.52. The minimum Gasteiger partial charge on any atom is -0.379 e. The highest BCUT2D eigenvalue weighted by atomic mass is 19.4. The lowest BCUT2D eigenvalue weighted by Gasteiger charge is -2.33. The maximum atomic E-state index is 13.9. The van der Waals surface area contributed by atoms with Gasteiger partial charge >= 0.3 is 6.18 Å². The molecule has 0 aromatic carbocycles. The van der Waals surface area contributed by atoms with Crippen LogP contribution in [0.3, 0.4) is 0 Å². The summed E-state index contributed by atoms with van der Waals surface area (Å²) < 4.78 is 69.1. The van der Waals surface area contributed by atoms with Gasteiger partial charge in [-0.1, -0.05) is 12.8 Å². The van der Waals surface area contributed by atoms with Gasteiger partial charge < -0.3 is 16.4 Å². The van der Waals surface area contributed by atoms with Crippen molar-refractivity contribution in [3.8, 4) is 0 Å². The summed E-state index contributed by atoms with van der Waals surface area (Å²) in [5.74, 6) is -4.95. The summed E-state index contributed by atoms with van der Waals surface area (Å²) in [5.41, 5.74) is 4.41. The molecular formula is C28H38F5N7O2. The number of hydrogen-bond acceptors (Lipinski definition) is 5. The van der Waals surface area contributed by atoms with E-state index in [0.29, 0.717) is 25.8 Å². The molecule has 0 unspecified atom stereocenters. The number of pyridine rings is 1. The van der Waals surface area contributed by atoms with Crippen LogP contribution in [0.5, 0.6) is 0 Å². The van der Waals surface area contributed by atoms with Crippen LogP contribution in [-0.4, -0.2) is 77.1 Å². The zero-order valence-corrected chi connectivity index (χ0v) is 23.4. The van der Waals surface area contributed by atoms with Crippen molar-refractivity contribution >= 4 is 23.5 Å². The molecule has 1 aromatic heterocycles. The van der Waals surface area contributed by atoms with Crippen LogP contribution in [-0.2, 0) is 15.8 Å². The first-order valence-electron chi connectivity index (χ1n) is 14.5. The van der Waals surface area contributed by atoms with Crippen LogP contribution in [0.2, 0.25) is 0 Å². The normalized spacial score (nSPS) is 21.5. The van der Waals surface area contributed by atoms with Gasteiger partial charge in [0.25, 0.3) is 11.8 Å². The number of nitrogens with two attached hydrogens (primary N) is 1. The average Bonchev–Trinajstić information content (AvgIpc) is 3.41. The molecule has 3 aliphatic rings. The van der Waals surface area contributed by atoms with E-state index in [2.05, 4.69) is 25.6 Å². The van der Waals surface area contributed by atoms with Gasteiger partial charge in [-0.25, -0.2) is 13.8 Å². The summed E-state index contributed by atoms with van der Waals surface area (Å²) in [6.07, 6.45) is 2.27. The molecular weight excluding hydrogens is 561 g/mol. The first-order chi connectivity index (χ1) is 19.9. The molecule has 232 valence electrons. The molecule has 3 fully saturated rings. The number of rotatable bonds is 9. The molecule has 2 heterocycles. The van der Waals surface area contributed by atoms with E-state index in [-0.39, 0.29) is 49.6 Å². The first-order valence-corrected chi connectivity index (χ1v) is 14.5. The van der Waals surface area contributed by atoms with Crippen LogP contribution >= 0.6 is 0 Å². The van der Waals surface area contributed by atoms with E-state index in [0.717, 1.165) is 38.3 Å². The number of hydrogen-bond donors (Lipinski definition) is 3. The summed E-state index contributed by atoms with van der Waals surface area (Å²) in [6, 6.07) is 1.53. The number of nitrogens with one attached hydrogen (secondary N) is 2. The van der Waals surface area contributed by atoms with Crippen LogP contribution in [0.25, 0.3) is 0 Å². The predicted octanol–water partition coefficient (Wildman–Crippen LogP) is 3.81. The van der Waals surface area contributed by atoms with E-state index >= 15 is 0 Å². The second-order valence-corrected chi connectivity index (χ2v) is 11.4. The van der Waals surface area contributed by atoms with Crippen molar-refractivity contribution in [2.24, 2.45) is 15.7 Å². The Morgan fingerprint density at radius 2 is 1.88 bits per heavy atom. The molecule has 4 N–H and O–H groups in total. The smallest absolute Gasteiger partial charge is 0.379 e. The number of carbonyl (C=O) groups excluding carboxylic acids is 2. The molecule has 1 aliphatic heterocycles. The van der Waals surface area contributed by atoms with Crippen molar-refractivity contribution in [3.05, 3.63) is 29.6 Å². The summed E-state index contributed by atoms with van der Waals surface area (Å²) >= 11 is 0. The van der Waals surface area contributed by atoms with Crippen LogP contribution in [0.4, 0.5) is 22.0 Å². The Morgan fingerprint density at radius 1 is 1.14 bits per heavy atom. The number of amides is 2. The van der Waals surface area contributed by atoms with Crippen molar-refractivity contribution < 1.29 is 31.5 Å². The molecule has 42 heavy (non-hydrogen) atoms. The Kier molecular flexibility index (Phi) is 10.5. The molecule has 1 aromatic rings. The standard InChI is InChI=1S/C28H38F5N7O2/c29-27(30)12-5-14-40(17-27)15-11-20(16-22(41)36-18-8-3-9-18)38-26(42)24(34)39-25(37-19-6-1-2-7-19)21-10-4-13-35-23(21)28(31,32)33/h4,10,13,18-20H,1-3,5-9,11-12,14-17H2,(H,36,41)(H,38,42)(H2,34,37,39)/t20-/m0/s1. The lowest BCUT2D eigenvalue weighted by molar-refractivity contribution is -0.141. The molecule has 0 radical (unpaired) electrons. The molecule has 0 bridgehead atoms. The number of aromatic nitrogens is 1. The van der Waals surface area contributed by atoms with Crippen molar-refractivity contribution in [2.45, 2.75) is 101 Å². The molecule has 9 nitrogen and oxygen atoms in total. The van der Waals surface area contributed by atoms with Gasteiger partial charge in [0.15, 0.2) is 17.4 Å².